The Balaban J connectivity index is 2.10. The smallest absolute Gasteiger partial charge is 0.223 e. The van der Waals surface area contributed by atoms with Crippen LogP contribution in [0.1, 0.15) is 26.2 Å². The molecule has 0 bridgehead atoms. The van der Waals surface area contributed by atoms with Crippen molar-refractivity contribution in [2.24, 2.45) is 5.73 Å². The molecule has 1 atom stereocenters. The van der Waals surface area contributed by atoms with Gasteiger partial charge in [0.15, 0.2) is 0 Å². The molecule has 100 valence electrons. The van der Waals surface area contributed by atoms with Gasteiger partial charge in [0, 0.05) is 12.6 Å². The van der Waals surface area contributed by atoms with Crippen molar-refractivity contribution in [1.29, 1.82) is 0 Å². The third kappa shape index (κ3) is 6.25. The molecule has 0 aliphatic carbocycles. The van der Waals surface area contributed by atoms with Crippen LogP contribution in [0.25, 0.3) is 0 Å². The molecule has 3 N–H and O–H groups in total. The van der Waals surface area contributed by atoms with E-state index in [0.29, 0.717) is 19.6 Å². The molecular formula is C14H22N2O2. The van der Waals surface area contributed by atoms with E-state index in [9.17, 15) is 4.79 Å². The van der Waals surface area contributed by atoms with Crippen LogP contribution < -0.4 is 15.8 Å². The number of carbonyl (C=O) groups excluding carboxylic acids is 1. The Morgan fingerprint density at radius 1 is 1.39 bits per heavy atom. The number of carbonyl (C=O) groups is 1. The van der Waals surface area contributed by atoms with Crippen molar-refractivity contribution in [3.63, 3.8) is 0 Å². The van der Waals surface area contributed by atoms with Crippen molar-refractivity contribution < 1.29 is 9.53 Å². The minimum atomic E-state index is -0.0162. The molecule has 0 fully saturated rings. The van der Waals surface area contributed by atoms with Crippen molar-refractivity contribution in [3.8, 4) is 5.75 Å². The SMILES string of the molecule is CCCC(N)CNC(=O)CCOc1ccccc1. The summed E-state index contributed by atoms with van der Waals surface area (Å²) in [5, 5.41) is 2.81. The van der Waals surface area contributed by atoms with Crippen molar-refractivity contribution >= 4 is 5.91 Å². The average Bonchev–Trinajstić information content (AvgIpc) is 2.38. The molecule has 0 aliphatic rings. The second-order valence-corrected chi connectivity index (χ2v) is 4.26. The summed E-state index contributed by atoms with van der Waals surface area (Å²) in [4.78, 5) is 11.5. The first kappa shape index (κ1) is 14.5. The van der Waals surface area contributed by atoms with Gasteiger partial charge in [0.05, 0.1) is 13.0 Å². The highest BCUT2D eigenvalue weighted by molar-refractivity contribution is 5.76. The molecule has 1 rings (SSSR count). The standard InChI is InChI=1S/C14H22N2O2/c1-2-6-12(15)11-16-14(17)9-10-18-13-7-4-3-5-8-13/h3-5,7-8,12H,2,6,9-11,15H2,1H3,(H,16,17). The zero-order chi connectivity index (χ0) is 13.2. The third-order valence-corrected chi connectivity index (χ3v) is 2.56. The predicted molar refractivity (Wildman–Crippen MR) is 72.4 cm³/mol. The zero-order valence-electron chi connectivity index (χ0n) is 10.9. The molecule has 0 aromatic heterocycles. The van der Waals surface area contributed by atoms with Crippen LogP contribution in [0.4, 0.5) is 0 Å². The van der Waals surface area contributed by atoms with E-state index < -0.39 is 0 Å². The van der Waals surface area contributed by atoms with Crippen molar-refractivity contribution in [2.75, 3.05) is 13.2 Å². The van der Waals surface area contributed by atoms with E-state index in [4.69, 9.17) is 10.5 Å². The number of hydrogen-bond acceptors (Lipinski definition) is 3. The fraction of sp³-hybridized carbons (Fsp3) is 0.500. The van der Waals surface area contributed by atoms with Gasteiger partial charge in [-0.15, -0.1) is 0 Å². The lowest BCUT2D eigenvalue weighted by atomic mass is 10.2. The summed E-state index contributed by atoms with van der Waals surface area (Å²) >= 11 is 0. The Kier molecular flexibility index (Phi) is 6.87. The molecule has 0 radical (unpaired) electrons. The zero-order valence-corrected chi connectivity index (χ0v) is 10.9. The minimum absolute atomic E-state index is 0.0162. The molecular weight excluding hydrogens is 228 g/mol. The van der Waals surface area contributed by atoms with Gasteiger partial charge in [0.25, 0.3) is 0 Å². The largest absolute Gasteiger partial charge is 0.493 e. The van der Waals surface area contributed by atoms with Crippen LogP contribution in [-0.4, -0.2) is 25.1 Å². The molecule has 0 spiro atoms. The number of amides is 1. The summed E-state index contributed by atoms with van der Waals surface area (Å²) in [5.41, 5.74) is 5.81. The van der Waals surface area contributed by atoms with Crippen molar-refractivity contribution in [1.82, 2.24) is 5.32 Å². The molecule has 0 aliphatic heterocycles. The predicted octanol–water partition coefficient (Wildman–Crippen LogP) is 1.70. The molecule has 4 heteroatoms. The van der Waals surface area contributed by atoms with Gasteiger partial charge >= 0.3 is 0 Å². The molecule has 0 saturated heterocycles. The highest BCUT2D eigenvalue weighted by atomic mass is 16.5. The quantitative estimate of drug-likeness (QED) is 0.738. The van der Waals surface area contributed by atoms with Gasteiger partial charge in [-0.2, -0.15) is 0 Å². The normalized spacial score (nSPS) is 11.9. The molecule has 0 saturated carbocycles. The fourth-order valence-electron chi connectivity index (χ4n) is 1.58. The lowest BCUT2D eigenvalue weighted by Crippen LogP contribution is -2.37. The number of rotatable bonds is 8. The van der Waals surface area contributed by atoms with Crippen LogP contribution in [0.5, 0.6) is 5.75 Å². The molecule has 18 heavy (non-hydrogen) atoms. The van der Waals surface area contributed by atoms with E-state index in [1.807, 2.05) is 30.3 Å². The van der Waals surface area contributed by atoms with Gasteiger partial charge < -0.3 is 15.8 Å². The van der Waals surface area contributed by atoms with Gasteiger partial charge in [0.2, 0.25) is 5.91 Å². The molecule has 1 aromatic carbocycles. The van der Waals surface area contributed by atoms with Crippen LogP contribution >= 0.6 is 0 Å². The van der Waals surface area contributed by atoms with E-state index >= 15 is 0 Å². The summed E-state index contributed by atoms with van der Waals surface area (Å²) in [5.74, 6) is 0.769. The topological polar surface area (TPSA) is 64.3 Å². The first-order valence-electron chi connectivity index (χ1n) is 6.42. The van der Waals surface area contributed by atoms with Crippen molar-refractivity contribution in [2.45, 2.75) is 32.2 Å². The third-order valence-electron chi connectivity index (χ3n) is 2.56. The summed E-state index contributed by atoms with van der Waals surface area (Å²) in [6.07, 6.45) is 2.32. The van der Waals surface area contributed by atoms with Crippen LogP contribution in [0.3, 0.4) is 0 Å². The van der Waals surface area contributed by atoms with Gasteiger partial charge in [-0.3, -0.25) is 4.79 Å². The minimum Gasteiger partial charge on any atom is -0.493 e. The van der Waals surface area contributed by atoms with E-state index in [-0.39, 0.29) is 11.9 Å². The molecule has 1 aromatic rings. The maximum absolute atomic E-state index is 11.5. The lowest BCUT2D eigenvalue weighted by molar-refractivity contribution is -0.121. The monoisotopic (exact) mass is 250 g/mol. The van der Waals surface area contributed by atoms with Crippen LogP contribution in [0, 0.1) is 0 Å². The van der Waals surface area contributed by atoms with Gasteiger partial charge in [0.1, 0.15) is 5.75 Å². The number of nitrogens with two attached hydrogens (primary N) is 1. The Morgan fingerprint density at radius 2 is 2.11 bits per heavy atom. The van der Waals surface area contributed by atoms with E-state index in [2.05, 4.69) is 12.2 Å². The molecule has 1 amide bonds. The van der Waals surface area contributed by atoms with Gasteiger partial charge in [-0.1, -0.05) is 31.5 Å². The summed E-state index contributed by atoms with van der Waals surface area (Å²) in [7, 11) is 0. The molecule has 0 heterocycles. The van der Waals surface area contributed by atoms with Crippen LogP contribution in [-0.2, 0) is 4.79 Å². The average molecular weight is 250 g/mol. The second-order valence-electron chi connectivity index (χ2n) is 4.26. The van der Waals surface area contributed by atoms with Gasteiger partial charge in [-0.25, -0.2) is 0 Å². The first-order valence-corrected chi connectivity index (χ1v) is 6.42. The maximum Gasteiger partial charge on any atom is 0.223 e. The Hall–Kier alpha value is -1.55. The highest BCUT2D eigenvalue weighted by Crippen LogP contribution is 2.08. The highest BCUT2D eigenvalue weighted by Gasteiger charge is 2.05. The Labute approximate surface area is 109 Å². The molecule has 4 nitrogen and oxygen atoms in total. The summed E-state index contributed by atoms with van der Waals surface area (Å²) in [6, 6.07) is 9.52. The fourth-order valence-corrected chi connectivity index (χ4v) is 1.58. The van der Waals surface area contributed by atoms with Crippen molar-refractivity contribution in [3.05, 3.63) is 30.3 Å². The maximum atomic E-state index is 11.5. The lowest BCUT2D eigenvalue weighted by Gasteiger charge is -2.11. The summed E-state index contributed by atoms with van der Waals surface area (Å²) in [6.45, 7) is 3.01. The van der Waals surface area contributed by atoms with Gasteiger partial charge in [-0.05, 0) is 18.6 Å². The van der Waals surface area contributed by atoms with E-state index in [1.54, 1.807) is 0 Å². The van der Waals surface area contributed by atoms with Crippen LogP contribution in [0.2, 0.25) is 0 Å². The molecule has 1 unspecified atom stereocenters. The second kappa shape index (κ2) is 8.53. The number of ether oxygens (including phenoxy) is 1. The Bertz CT molecular complexity index is 341. The number of para-hydroxylation sites is 1. The number of nitrogens with one attached hydrogen (secondary N) is 1. The van der Waals surface area contributed by atoms with E-state index in [1.165, 1.54) is 0 Å². The first-order chi connectivity index (χ1) is 8.72. The number of hydrogen-bond donors (Lipinski definition) is 2. The van der Waals surface area contributed by atoms with Crippen LogP contribution in [0.15, 0.2) is 30.3 Å². The van der Waals surface area contributed by atoms with E-state index in [0.717, 1.165) is 18.6 Å². The summed E-state index contributed by atoms with van der Waals surface area (Å²) < 4.78 is 5.44. The number of benzene rings is 1. The Morgan fingerprint density at radius 3 is 2.78 bits per heavy atom.